The van der Waals surface area contributed by atoms with Crippen molar-refractivity contribution in [3.63, 3.8) is 0 Å². The maximum absolute atomic E-state index is 8.59. The molecule has 0 heterocycles. The van der Waals surface area contributed by atoms with Gasteiger partial charge in [0.25, 0.3) is 11.0 Å². The second-order valence-electron chi connectivity index (χ2n) is 3.43. The first kappa shape index (κ1) is 16.1. The Morgan fingerprint density at radius 3 is 1.18 bits per heavy atom. The molecule has 0 unspecified atom stereocenters. The monoisotopic (exact) mass is 259 g/mol. The summed E-state index contributed by atoms with van der Waals surface area (Å²) < 4.78 is 24.2. The minimum Gasteiger partial charge on any atom is -0.304 e. The van der Waals surface area contributed by atoms with E-state index in [9.17, 15) is 0 Å². The zero-order chi connectivity index (χ0) is 13.3. The van der Waals surface area contributed by atoms with E-state index in [-0.39, 0.29) is 0 Å². The van der Waals surface area contributed by atoms with Gasteiger partial charge in [-0.1, -0.05) is 45.0 Å². The summed E-state index contributed by atoms with van der Waals surface area (Å²) in [6.45, 7) is 10.1. The van der Waals surface area contributed by atoms with Crippen molar-refractivity contribution in [3.05, 3.63) is 24.3 Å². The molecule has 0 aromatic heterocycles. The van der Waals surface area contributed by atoms with E-state index in [1.165, 1.54) is 30.8 Å². The quantitative estimate of drug-likeness (QED) is 0.654. The molecule has 1 N–H and O–H groups in total. The highest BCUT2D eigenvalue weighted by Crippen LogP contribution is 2.29. The molecular formula is C12H21NO3S. The summed E-state index contributed by atoms with van der Waals surface area (Å²) in [6, 6.07) is 8.48. The van der Waals surface area contributed by atoms with E-state index in [1.54, 1.807) is 0 Å². The number of nitrogens with zero attached hydrogens (tertiary/aromatic N) is 1. The highest BCUT2D eigenvalue weighted by Gasteiger charge is 2.03. The first-order chi connectivity index (χ1) is 8.04. The number of hydrogen-bond acceptors (Lipinski definition) is 3. The summed E-state index contributed by atoms with van der Waals surface area (Å²) >= 11 is 0. The van der Waals surface area contributed by atoms with Crippen LogP contribution in [0.3, 0.4) is 0 Å². The molecule has 0 saturated carbocycles. The third kappa shape index (κ3) is 7.10. The van der Waals surface area contributed by atoms with E-state index < -0.39 is 11.0 Å². The lowest BCUT2D eigenvalue weighted by Crippen LogP contribution is -2.21. The van der Waals surface area contributed by atoms with Crippen LogP contribution in [0.2, 0.25) is 0 Å². The molecule has 0 aromatic rings. The molecule has 2 rings (SSSR count). The van der Waals surface area contributed by atoms with Crippen LogP contribution in [0.15, 0.2) is 24.3 Å². The first-order valence-corrected chi connectivity index (χ1v) is 6.84. The summed E-state index contributed by atoms with van der Waals surface area (Å²) in [6.07, 6.45) is 0. The van der Waals surface area contributed by atoms with Crippen LogP contribution < -0.4 is 0 Å². The lowest BCUT2D eigenvalue weighted by molar-refractivity contribution is 0.321. The lowest BCUT2D eigenvalue weighted by atomic mass is 9.95. The smallest absolute Gasteiger partial charge is 0.254 e. The molecule has 4 nitrogen and oxygen atoms in total. The molecule has 0 aromatic carbocycles. The highest BCUT2D eigenvalue weighted by molar-refractivity contribution is 7.66. The van der Waals surface area contributed by atoms with Crippen LogP contribution >= 0.6 is 0 Å². The van der Waals surface area contributed by atoms with E-state index in [0.29, 0.717) is 0 Å². The molecule has 0 atom stereocenters. The van der Waals surface area contributed by atoms with Gasteiger partial charge in [-0.3, -0.25) is 4.55 Å². The summed E-state index contributed by atoms with van der Waals surface area (Å²) in [4.78, 5) is 2.38. The van der Waals surface area contributed by atoms with Crippen molar-refractivity contribution in [1.82, 2.24) is 4.90 Å². The summed E-state index contributed by atoms with van der Waals surface area (Å²) in [7, 11) is -3.12. The normalized spacial score (nSPS) is 10.2. The minimum absolute atomic E-state index is 1.19. The third-order valence-electron chi connectivity index (χ3n) is 2.56. The molecule has 98 valence electrons. The van der Waals surface area contributed by atoms with Gasteiger partial charge >= 0.3 is 0 Å². The molecule has 0 radical (unpaired) electrons. The van der Waals surface area contributed by atoms with Crippen LogP contribution in [0.5, 0.6) is 0 Å². The second-order valence-corrected chi connectivity index (χ2v) is 3.91. The Hall–Kier alpha value is -0.910. The SMILES string of the molecule is CCN(CC)CC.O=[SH](=O)O.c1cc2ccc1-2. The van der Waals surface area contributed by atoms with Crippen LogP contribution in [-0.4, -0.2) is 37.5 Å². The standard InChI is InChI=1S/C6H15N.C6H4.H2O3S/c1-4-7(5-2)6-3;1-2-6-4-3-5(1)6;1-4(2)3/h4-6H2,1-3H3;1-4H;4H,(H,1,2,3). The van der Waals surface area contributed by atoms with E-state index >= 15 is 0 Å². The number of rotatable bonds is 3. The second kappa shape index (κ2) is 9.15. The van der Waals surface area contributed by atoms with Crippen LogP contribution in [0.4, 0.5) is 0 Å². The molecule has 2 aliphatic carbocycles. The molecule has 0 amide bonds. The first-order valence-electron chi connectivity index (χ1n) is 5.71. The van der Waals surface area contributed by atoms with Gasteiger partial charge in [0.2, 0.25) is 0 Å². The molecule has 0 saturated heterocycles. The fraction of sp³-hybridized carbons (Fsp3) is 0.500. The van der Waals surface area contributed by atoms with Gasteiger partial charge < -0.3 is 4.90 Å². The van der Waals surface area contributed by atoms with Gasteiger partial charge in [-0.25, -0.2) is 8.42 Å². The molecule has 0 spiro atoms. The van der Waals surface area contributed by atoms with Gasteiger partial charge in [-0.05, 0) is 30.8 Å². The Balaban J connectivity index is 0.000000235. The van der Waals surface area contributed by atoms with Crippen molar-refractivity contribution in [2.24, 2.45) is 0 Å². The van der Waals surface area contributed by atoms with Gasteiger partial charge in [0.1, 0.15) is 0 Å². The molecule has 17 heavy (non-hydrogen) atoms. The van der Waals surface area contributed by atoms with Crippen molar-refractivity contribution in [2.45, 2.75) is 20.8 Å². The fourth-order valence-corrected chi connectivity index (χ4v) is 1.33. The van der Waals surface area contributed by atoms with Crippen molar-refractivity contribution < 1.29 is 13.0 Å². The van der Waals surface area contributed by atoms with Gasteiger partial charge in [-0.15, -0.1) is 0 Å². The van der Waals surface area contributed by atoms with Crippen LogP contribution in [-0.2, 0) is 11.0 Å². The fourth-order valence-electron chi connectivity index (χ4n) is 1.33. The molecule has 0 fully saturated rings. The zero-order valence-corrected chi connectivity index (χ0v) is 11.5. The van der Waals surface area contributed by atoms with Gasteiger partial charge in [0.15, 0.2) is 0 Å². The number of hydrogen-bond donors (Lipinski definition) is 2. The largest absolute Gasteiger partial charge is 0.304 e. The zero-order valence-electron chi connectivity index (χ0n) is 10.6. The summed E-state index contributed by atoms with van der Waals surface area (Å²) in [5, 5.41) is 0. The molecule has 5 heteroatoms. The Bertz CT molecular complexity index is 335. The van der Waals surface area contributed by atoms with E-state index in [0.717, 1.165) is 0 Å². The molecule has 0 aliphatic heterocycles. The van der Waals surface area contributed by atoms with Crippen molar-refractivity contribution >= 4 is 11.0 Å². The molecular weight excluding hydrogens is 238 g/mol. The Morgan fingerprint density at radius 1 is 0.941 bits per heavy atom. The Labute approximate surface area is 105 Å². The predicted molar refractivity (Wildman–Crippen MR) is 71.8 cm³/mol. The third-order valence-corrected chi connectivity index (χ3v) is 2.56. The van der Waals surface area contributed by atoms with Crippen molar-refractivity contribution in [2.75, 3.05) is 19.6 Å². The van der Waals surface area contributed by atoms with Crippen LogP contribution in [0.1, 0.15) is 20.8 Å². The van der Waals surface area contributed by atoms with Gasteiger partial charge in [0, 0.05) is 0 Å². The number of benzene rings is 1. The molecule has 0 bridgehead atoms. The summed E-state index contributed by atoms with van der Waals surface area (Å²) in [5.41, 5.74) is 2.85. The highest BCUT2D eigenvalue weighted by atomic mass is 32.2. The topological polar surface area (TPSA) is 57.6 Å². The summed E-state index contributed by atoms with van der Waals surface area (Å²) in [5.74, 6) is 0. The van der Waals surface area contributed by atoms with Gasteiger partial charge in [0.05, 0.1) is 0 Å². The lowest BCUT2D eigenvalue weighted by Gasteiger charge is -2.13. The van der Waals surface area contributed by atoms with Crippen molar-refractivity contribution in [1.29, 1.82) is 0 Å². The number of fused-ring (bicyclic) bond motifs is 1. The van der Waals surface area contributed by atoms with E-state index in [4.69, 9.17) is 13.0 Å². The van der Waals surface area contributed by atoms with Crippen LogP contribution in [0.25, 0.3) is 11.1 Å². The van der Waals surface area contributed by atoms with E-state index in [2.05, 4.69) is 49.9 Å². The molecule has 2 aliphatic rings. The Morgan fingerprint density at radius 2 is 1.18 bits per heavy atom. The minimum atomic E-state index is -3.12. The van der Waals surface area contributed by atoms with Gasteiger partial charge in [-0.2, -0.15) is 0 Å². The maximum atomic E-state index is 8.59. The maximum Gasteiger partial charge on any atom is 0.254 e. The average molecular weight is 259 g/mol. The van der Waals surface area contributed by atoms with E-state index in [1.807, 2.05) is 0 Å². The van der Waals surface area contributed by atoms with Crippen LogP contribution in [0, 0.1) is 0 Å². The number of thiol groups is 1. The predicted octanol–water partition coefficient (Wildman–Crippen LogP) is 2.09. The Kier molecular flexibility index (Phi) is 8.66. The van der Waals surface area contributed by atoms with Crippen molar-refractivity contribution in [3.8, 4) is 11.1 Å². The average Bonchev–Trinajstić information content (AvgIpc) is 2.26.